The van der Waals surface area contributed by atoms with E-state index < -0.39 is 5.60 Å². The minimum absolute atomic E-state index is 0.0640. The monoisotopic (exact) mass is 349 g/mol. The molecular weight excluding hydrogens is 310 g/mol. The number of hydrogen-bond donors (Lipinski definition) is 3. The molecule has 4 aliphatic rings. The molecule has 4 rings (SSSR count). The van der Waals surface area contributed by atoms with E-state index in [0.29, 0.717) is 24.4 Å². The van der Waals surface area contributed by atoms with Crippen LogP contribution >= 0.6 is 0 Å². The third kappa shape index (κ3) is 2.63. The molecule has 0 aromatic rings. The van der Waals surface area contributed by atoms with Gasteiger partial charge >= 0.3 is 0 Å². The van der Waals surface area contributed by atoms with E-state index >= 15 is 0 Å². The van der Waals surface area contributed by atoms with E-state index in [1.807, 2.05) is 0 Å². The van der Waals surface area contributed by atoms with Crippen LogP contribution in [0.1, 0.15) is 78.1 Å². The SMILES string of the molecule is C[C@]12CCCCC1CC[C@@H]1[C@@H]2CC[C@@]2(C)[C@H]1CCC2(O)CNCCO. The van der Waals surface area contributed by atoms with Crippen LogP contribution in [0.15, 0.2) is 0 Å². The molecule has 25 heavy (non-hydrogen) atoms. The van der Waals surface area contributed by atoms with Gasteiger partial charge in [0.05, 0.1) is 12.2 Å². The van der Waals surface area contributed by atoms with E-state index in [2.05, 4.69) is 19.2 Å². The lowest BCUT2D eigenvalue weighted by molar-refractivity contribution is -0.150. The number of nitrogens with one attached hydrogen (secondary N) is 1. The molecular formula is C22H39NO2. The van der Waals surface area contributed by atoms with Crippen molar-refractivity contribution in [3.63, 3.8) is 0 Å². The lowest BCUT2D eigenvalue weighted by Gasteiger charge is -2.61. The van der Waals surface area contributed by atoms with Gasteiger partial charge in [0.2, 0.25) is 0 Å². The zero-order chi connectivity index (χ0) is 17.7. The number of fused-ring (bicyclic) bond motifs is 5. The molecule has 3 N–H and O–H groups in total. The summed E-state index contributed by atoms with van der Waals surface area (Å²) in [6.07, 6.45) is 13.3. The van der Waals surface area contributed by atoms with Crippen molar-refractivity contribution in [2.45, 2.75) is 83.7 Å². The maximum atomic E-state index is 11.5. The first-order chi connectivity index (χ1) is 11.9. The molecule has 4 aliphatic carbocycles. The van der Waals surface area contributed by atoms with Crippen LogP contribution in [-0.4, -0.2) is 35.5 Å². The van der Waals surface area contributed by atoms with E-state index in [0.717, 1.165) is 24.2 Å². The Balaban J connectivity index is 1.55. The maximum absolute atomic E-state index is 11.5. The molecule has 0 radical (unpaired) electrons. The quantitative estimate of drug-likeness (QED) is 0.678. The van der Waals surface area contributed by atoms with Crippen molar-refractivity contribution in [2.75, 3.05) is 19.7 Å². The molecule has 0 aromatic carbocycles. The molecule has 7 atom stereocenters. The van der Waals surface area contributed by atoms with Crippen LogP contribution in [0.5, 0.6) is 0 Å². The summed E-state index contributed by atoms with van der Waals surface area (Å²) in [5, 5.41) is 23.9. The Bertz CT molecular complexity index is 496. The summed E-state index contributed by atoms with van der Waals surface area (Å²) in [6, 6.07) is 0. The Labute approximate surface area is 154 Å². The lowest BCUT2D eigenvalue weighted by Crippen LogP contribution is -2.58. The third-order valence-electron chi connectivity index (χ3n) is 9.61. The van der Waals surface area contributed by atoms with Gasteiger partial charge in [0.25, 0.3) is 0 Å². The van der Waals surface area contributed by atoms with Crippen LogP contribution in [0.25, 0.3) is 0 Å². The number of aliphatic hydroxyl groups is 2. The fourth-order valence-electron chi connectivity index (χ4n) is 8.07. The van der Waals surface area contributed by atoms with Gasteiger partial charge in [-0.3, -0.25) is 0 Å². The van der Waals surface area contributed by atoms with Crippen LogP contribution in [0.2, 0.25) is 0 Å². The molecule has 0 amide bonds. The summed E-state index contributed by atoms with van der Waals surface area (Å²) >= 11 is 0. The molecule has 0 saturated heterocycles. The fourth-order valence-corrected chi connectivity index (χ4v) is 8.07. The Morgan fingerprint density at radius 3 is 2.52 bits per heavy atom. The standard InChI is InChI=1S/C22H39NO2/c1-20-10-4-3-5-16(20)6-7-17-18(20)8-11-21(2)19(17)9-12-22(21,25)15-23-13-14-24/h16-19,23-25H,3-15H2,1-2H3/t16?,17-,18+,19+,20+,21+,22?/m1/s1. The molecule has 4 fully saturated rings. The van der Waals surface area contributed by atoms with Gasteiger partial charge in [0.15, 0.2) is 0 Å². The zero-order valence-corrected chi connectivity index (χ0v) is 16.4. The third-order valence-corrected chi connectivity index (χ3v) is 9.61. The predicted molar refractivity (Wildman–Crippen MR) is 101 cm³/mol. The lowest BCUT2D eigenvalue weighted by atomic mass is 9.44. The first-order valence-corrected chi connectivity index (χ1v) is 11.0. The highest BCUT2D eigenvalue weighted by molar-refractivity contribution is 5.14. The van der Waals surface area contributed by atoms with Gasteiger partial charge < -0.3 is 15.5 Å². The fraction of sp³-hybridized carbons (Fsp3) is 1.00. The van der Waals surface area contributed by atoms with E-state index in [4.69, 9.17) is 5.11 Å². The highest BCUT2D eigenvalue weighted by Crippen LogP contribution is 2.68. The Morgan fingerprint density at radius 2 is 1.72 bits per heavy atom. The minimum atomic E-state index is -0.581. The first-order valence-electron chi connectivity index (χ1n) is 11.0. The van der Waals surface area contributed by atoms with Gasteiger partial charge in [-0.15, -0.1) is 0 Å². The highest BCUT2D eigenvalue weighted by Gasteiger charge is 2.64. The molecule has 3 nitrogen and oxygen atoms in total. The molecule has 0 bridgehead atoms. The topological polar surface area (TPSA) is 52.5 Å². The molecule has 3 heteroatoms. The van der Waals surface area contributed by atoms with E-state index in [9.17, 15) is 5.11 Å². The van der Waals surface area contributed by atoms with Crippen LogP contribution in [0, 0.1) is 34.5 Å². The summed E-state index contributed by atoms with van der Waals surface area (Å²) in [5.41, 5.74) is 0.0644. The maximum Gasteiger partial charge on any atom is 0.0827 e. The summed E-state index contributed by atoms with van der Waals surface area (Å²) in [6.45, 7) is 6.41. The van der Waals surface area contributed by atoms with Crippen molar-refractivity contribution in [1.82, 2.24) is 5.32 Å². The average molecular weight is 350 g/mol. The minimum Gasteiger partial charge on any atom is -0.395 e. The van der Waals surface area contributed by atoms with Crippen LogP contribution in [0.3, 0.4) is 0 Å². The summed E-state index contributed by atoms with van der Waals surface area (Å²) in [4.78, 5) is 0. The highest BCUT2D eigenvalue weighted by atomic mass is 16.3. The Hall–Kier alpha value is -0.120. The van der Waals surface area contributed by atoms with Crippen molar-refractivity contribution in [3.05, 3.63) is 0 Å². The predicted octanol–water partition coefficient (Wildman–Crippen LogP) is 3.73. The van der Waals surface area contributed by atoms with Crippen molar-refractivity contribution >= 4 is 0 Å². The van der Waals surface area contributed by atoms with Gasteiger partial charge in [0, 0.05) is 18.5 Å². The molecule has 4 saturated carbocycles. The normalized spacial score (nSPS) is 52.3. The smallest absolute Gasteiger partial charge is 0.0827 e. The molecule has 0 aromatic heterocycles. The summed E-state index contributed by atoms with van der Waals surface area (Å²) < 4.78 is 0. The first kappa shape index (κ1) is 18.3. The molecule has 0 heterocycles. The van der Waals surface area contributed by atoms with Crippen molar-refractivity contribution in [2.24, 2.45) is 34.5 Å². The van der Waals surface area contributed by atoms with E-state index in [1.165, 1.54) is 57.8 Å². The molecule has 2 unspecified atom stereocenters. The summed E-state index contributed by atoms with van der Waals surface area (Å²) in [5.74, 6) is 3.41. The van der Waals surface area contributed by atoms with Crippen LogP contribution < -0.4 is 5.32 Å². The van der Waals surface area contributed by atoms with E-state index in [1.54, 1.807) is 0 Å². The molecule has 0 spiro atoms. The second-order valence-electron chi connectivity index (χ2n) is 10.3. The second kappa shape index (κ2) is 6.49. The van der Waals surface area contributed by atoms with E-state index in [-0.39, 0.29) is 12.0 Å². The Morgan fingerprint density at radius 1 is 0.920 bits per heavy atom. The van der Waals surface area contributed by atoms with Crippen LogP contribution in [-0.2, 0) is 0 Å². The largest absolute Gasteiger partial charge is 0.395 e. The Kier molecular flexibility index (Phi) is 4.74. The van der Waals surface area contributed by atoms with Gasteiger partial charge in [0.1, 0.15) is 0 Å². The van der Waals surface area contributed by atoms with Crippen molar-refractivity contribution < 1.29 is 10.2 Å². The average Bonchev–Trinajstić information content (AvgIpc) is 2.86. The second-order valence-corrected chi connectivity index (χ2v) is 10.3. The number of rotatable bonds is 4. The zero-order valence-electron chi connectivity index (χ0n) is 16.4. The van der Waals surface area contributed by atoms with Crippen molar-refractivity contribution in [1.29, 1.82) is 0 Å². The van der Waals surface area contributed by atoms with Gasteiger partial charge in [-0.2, -0.15) is 0 Å². The van der Waals surface area contributed by atoms with Gasteiger partial charge in [-0.1, -0.05) is 26.7 Å². The van der Waals surface area contributed by atoms with Crippen LogP contribution in [0.4, 0.5) is 0 Å². The number of aliphatic hydroxyl groups excluding tert-OH is 1. The number of hydrogen-bond acceptors (Lipinski definition) is 3. The van der Waals surface area contributed by atoms with Gasteiger partial charge in [-0.05, 0) is 80.5 Å². The molecule has 0 aliphatic heterocycles. The van der Waals surface area contributed by atoms with Gasteiger partial charge in [-0.25, -0.2) is 0 Å². The molecule has 144 valence electrons. The van der Waals surface area contributed by atoms with Crippen molar-refractivity contribution in [3.8, 4) is 0 Å². The summed E-state index contributed by atoms with van der Waals surface area (Å²) in [7, 11) is 0.